The lowest BCUT2D eigenvalue weighted by atomic mass is 9.71. The van der Waals surface area contributed by atoms with Crippen molar-refractivity contribution in [2.24, 2.45) is 17.8 Å². The van der Waals surface area contributed by atoms with Gasteiger partial charge in [-0.2, -0.15) is 4.39 Å². The first kappa shape index (κ1) is 27.3. The zero-order valence-corrected chi connectivity index (χ0v) is 22.3. The van der Waals surface area contributed by atoms with Crippen LogP contribution in [0.1, 0.15) is 50.5 Å². The van der Waals surface area contributed by atoms with Crippen molar-refractivity contribution in [3.63, 3.8) is 0 Å². The summed E-state index contributed by atoms with van der Waals surface area (Å²) in [5, 5.41) is 0. The third kappa shape index (κ3) is 5.57. The smallest absolute Gasteiger partial charge is 0.201 e. The van der Waals surface area contributed by atoms with Crippen molar-refractivity contribution < 1.29 is 22.3 Å². The largest absolute Gasteiger partial charge is 0.500 e. The van der Waals surface area contributed by atoms with E-state index in [1.54, 1.807) is 44.2 Å². The van der Waals surface area contributed by atoms with Gasteiger partial charge in [0, 0.05) is 16.7 Å². The first-order valence-electron chi connectivity index (χ1n) is 13.9. The monoisotopic (exact) mass is 532 g/mol. The molecule has 202 valence electrons. The molecule has 6 heteroatoms. The summed E-state index contributed by atoms with van der Waals surface area (Å²) in [4.78, 5) is 0. The zero-order valence-electron chi connectivity index (χ0n) is 22.3. The second-order valence-corrected chi connectivity index (χ2v) is 10.7. The summed E-state index contributed by atoms with van der Waals surface area (Å²) in [6.45, 7) is 4.15. The van der Waals surface area contributed by atoms with Crippen LogP contribution in [0.4, 0.5) is 17.6 Å². The number of hydrogen-bond acceptors (Lipinski definition) is 1. The van der Waals surface area contributed by atoms with Gasteiger partial charge < -0.3 is 4.74 Å². The lowest BCUT2D eigenvalue weighted by Crippen LogP contribution is -2.22. The number of allylic oxidation sites excluding steroid dienone is 3. The van der Waals surface area contributed by atoms with Crippen molar-refractivity contribution in [1.82, 2.24) is 0 Å². The van der Waals surface area contributed by atoms with E-state index in [0.717, 1.165) is 24.8 Å². The lowest BCUT2D eigenvalue weighted by molar-refractivity contribution is 0.212. The van der Waals surface area contributed by atoms with Crippen LogP contribution < -0.4 is 4.74 Å². The van der Waals surface area contributed by atoms with Crippen molar-refractivity contribution in [1.29, 1.82) is 0 Å². The Morgan fingerprint density at radius 3 is 1.85 bits per heavy atom. The minimum absolute atomic E-state index is 0.0702. The highest BCUT2D eigenvalue weighted by molar-refractivity contribution is 6.08. The molecule has 0 heterocycles. The molecule has 0 spiro atoms. The summed E-state index contributed by atoms with van der Waals surface area (Å²) in [5.74, 6) is -1.99. The quantitative estimate of drug-likeness (QED) is 0.168. The van der Waals surface area contributed by atoms with Crippen molar-refractivity contribution in [3.8, 4) is 28.0 Å². The highest BCUT2D eigenvalue weighted by atomic mass is 19.2. The lowest BCUT2D eigenvalue weighted by Gasteiger charge is -2.34. The van der Waals surface area contributed by atoms with Crippen LogP contribution in [0.2, 0.25) is 0 Å². The van der Waals surface area contributed by atoms with E-state index in [4.69, 9.17) is 4.74 Å². The maximum atomic E-state index is 15.3. The molecule has 0 bridgehead atoms. The summed E-state index contributed by atoms with van der Waals surface area (Å²) >= 11 is 0. The molecule has 3 aromatic carbocycles. The summed E-state index contributed by atoms with van der Waals surface area (Å²) in [6.07, 6.45) is 11.7. The molecule has 1 unspecified atom stereocenters. The second-order valence-electron chi connectivity index (χ2n) is 10.7. The van der Waals surface area contributed by atoms with E-state index in [-0.39, 0.29) is 23.4 Å². The van der Waals surface area contributed by atoms with Crippen molar-refractivity contribution in [2.45, 2.75) is 44.9 Å². The fraction of sp³-hybridized carbons (Fsp3) is 0.333. The van der Waals surface area contributed by atoms with Gasteiger partial charge in [0.05, 0.1) is 6.51 Å². The van der Waals surface area contributed by atoms with Crippen LogP contribution in [-0.2, 0) is 0 Å². The fourth-order valence-corrected chi connectivity index (χ4v) is 6.25. The number of ether oxygens (including phenoxy) is 1. The highest BCUT2D eigenvalue weighted by Crippen LogP contribution is 2.42. The van der Waals surface area contributed by atoms with E-state index in [1.807, 2.05) is 0 Å². The van der Waals surface area contributed by atoms with Gasteiger partial charge in [0.1, 0.15) is 0 Å². The van der Waals surface area contributed by atoms with E-state index < -0.39 is 23.3 Å². The average molecular weight is 532 g/mol. The van der Waals surface area contributed by atoms with Gasteiger partial charge in [-0.15, -0.1) is 6.58 Å². The van der Waals surface area contributed by atoms with Crippen LogP contribution in [0, 0.1) is 41.0 Å². The van der Waals surface area contributed by atoms with Gasteiger partial charge >= 0.3 is 0 Å². The molecule has 39 heavy (non-hydrogen) atoms. The highest BCUT2D eigenvalue weighted by Gasteiger charge is 2.29. The third-order valence-electron chi connectivity index (χ3n) is 8.55. The minimum Gasteiger partial charge on any atom is -0.500 e. The Morgan fingerprint density at radius 1 is 0.718 bits per heavy atom. The van der Waals surface area contributed by atoms with Gasteiger partial charge in [-0.05, 0) is 91.5 Å². The molecule has 1 nitrogen and oxygen atoms in total. The predicted molar refractivity (Wildman–Crippen MR) is 152 cm³/mol. The van der Waals surface area contributed by atoms with E-state index in [0.29, 0.717) is 34.4 Å². The summed E-state index contributed by atoms with van der Waals surface area (Å²) in [6, 6.07) is 12.4. The van der Waals surface area contributed by atoms with Crippen LogP contribution in [0.25, 0.3) is 27.8 Å². The predicted octanol–water partition coefficient (Wildman–Crippen LogP) is 8.72. The Hall–Kier alpha value is -3.28. The van der Waals surface area contributed by atoms with Gasteiger partial charge in [0.25, 0.3) is 0 Å². The van der Waals surface area contributed by atoms with E-state index in [9.17, 15) is 8.78 Å². The van der Waals surface area contributed by atoms with Crippen LogP contribution >= 0.6 is 0 Å². The second kappa shape index (κ2) is 11.9. The molecule has 0 radical (unpaired) electrons. The molecule has 2 aliphatic rings. The molecule has 5 rings (SSSR count). The first-order chi connectivity index (χ1) is 18.9. The zero-order chi connectivity index (χ0) is 27.5. The van der Waals surface area contributed by atoms with Crippen molar-refractivity contribution in [3.05, 3.63) is 96.1 Å². The molecule has 3 aromatic rings. The van der Waals surface area contributed by atoms with Gasteiger partial charge in [-0.25, -0.2) is 13.2 Å². The fourth-order valence-electron chi connectivity index (χ4n) is 6.25. The molecule has 0 saturated heterocycles. The molecule has 0 aliphatic heterocycles. The molecular formula is C33H33BF4O. The summed E-state index contributed by atoms with van der Waals surface area (Å²) in [7, 11) is 1.69. The molecule has 0 N–H and O–H groups in total. The molecule has 1 atom stereocenters. The Morgan fingerprint density at radius 2 is 1.28 bits per heavy atom. The Balaban J connectivity index is 1.32. The summed E-state index contributed by atoms with van der Waals surface area (Å²) < 4.78 is 64.6. The minimum atomic E-state index is -1.05. The Labute approximate surface area is 229 Å². The van der Waals surface area contributed by atoms with Gasteiger partial charge in [-0.1, -0.05) is 48.6 Å². The van der Waals surface area contributed by atoms with E-state index in [1.165, 1.54) is 37.8 Å². The maximum absolute atomic E-state index is 15.3. The SMILES string of the molecule is BCOc1ccc(-c2ccc(-c3ccc(C4=CCC(C5CCC(C=C)CC5)CC4)c(F)c3F)cc2)c(F)c1F. The summed E-state index contributed by atoms with van der Waals surface area (Å²) in [5.41, 5.74) is 2.29. The molecule has 0 aromatic heterocycles. The number of rotatable bonds is 7. The Bertz CT molecular complexity index is 1370. The standard InChI is InChI=1S/C33H33BF4O/c1-2-20-3-5-21(6-4-20)22-7-9-23(10-8-22)26-15-16-27(31(36)30(26)35)24-11-13-25(14-12-24)28-17-18-29(39-19-34)33(38)32(28)37/h2,9,11-18,20-22H,1,3-8,10,19,34H2. The van der Waals surface area contributed by atoms with E-state index in [2.05, 4.69) is 18.7 Å². The molecule has 0 amide bonds. The van der Waals surface area contributed by atoms with Gasteiger partial charge in [-0.3, -0.25) is 0 Å². The molecule has 1 fully saturated rings. The van der Waals surface area contributed by atoms with E-state index >= 15 is 8.78 Å². The van der Waals surface area contributed by atoms with Crippen LogP contribution in [0.5, 0.6) is 5.75 Å². The molecule has 1 saturated carbocycles. The Kier molecular flexibility index (Phi) is 8.30. The van der Waals surface area contributed by atoms with Crippen molar-refractivity contribution >= 4 is 13.4 Å². The normalized spacial score (nSPS) is 21.3. The number of hydrogen-bond donors (Lipinski definition) is 0. The number of benzene rings is 3. The third-order valence-corrected chi connectivity index (χ3v) is 8.55. The van der Waals surface area contributed by atoms with Gasteiger partial charge in [0.2, 0.25) is 5.82 Å². The first-order valence-corrected chi connectivity index (χ1v) is 13.9. The number of halogens is 4. The topological polar surface area (TPSA) is 9.23 Å². The van der Waals surface area contributed by atoms with Crippen LogP contribution in [0.3, 0.4) is 0 Å². The molecular weight excluding hydrogens is 499 g/mol. The van der Waals surface area contributed by atoms with Crippen molar-refractivity contribution in [2.75, 3.05) is 6.51 Å². The van der Waals surface area contributed by atoms with Gasteiger partial charge in [0.15, 0.2) is 31.0 Å². The molecule has 2 aliphatic carbocycles. The van der Waals surface area contributed by atoms with Crippen LogP contribution in [-0.4, -0.2) is 14.4 Å². The van der Waals surface area contributed by atoms with Crippen LogP contribution in [0.15, 0.2) is 67.3 Å². The average Bonchev–Trinajstić information content (AvgIpc) is 2.97. The maximum Gasteiger partial charge on any atom is 0.201 e.